The van der Waals surface area contributed by atoms with Crippen molar-refractivity contribution in [2.24, 2.45) is 0 Å². The van der Waals surface area contributed by atoms with Gasteiger partial charge in [-0.25, -0.2) is 9.55 Å². The van der Waals surface area contributed by atoms with Crippen LogP contribution in [-0.4, -0.2) is 4.57 Å². The zero-order valence-electron chi connectivity index (χ0n) is 6.99. The highest BCUT2D eigenvalue weighted by Gasteiger charge is 2.05. The smallest absolute Gasteiger partial charge is 0.247 e. The van der Waals surface area contributed by atoms with Gasteiger partial charge in [0.2, 0.25) is 0 Å². The van der Waals surface area contributed by atoms with Crippen molar-refractivity contribution in [2.45, 2.75) is 6.92 Å². The highest BCUT2D eigenvalue weighted by Crippen LogP contribution is 2.05. The second-order valence-electron chi connectivity index (χ2n) is 2.77. The van der Waals surface area contributed by atoms with Gasteiger partial charge in [-0.2, -0.15) is 0 Å². The number of nitrogens with zero attached hydrogens (tertiary/aromatic N) is 1. The largest absolute Gasteiger partial charge is 0.283 e. The van der Waals surface area contributed by atoms with Gasteiger partial charge in [0.05, 0.1) is 12.4 Å². The molecule has 0 fully saturated rings. The van der Waals surface area contributed by atoms with E-state index in [1.165, 1.54) is 5.69 Å². The summed E-state index contributed by atoms with van der Waals surface area (Å²) in [6.07, 6.45) is 3.97. The molecule has 2 heteroatoms. The summed E-state index contributed by atoms with van der Waals surface area (Å²) in [4.78, 5) is 3.17. The van der Waals surface area contributed by atoms with Gasteiger partial charge < -0.3 is 0 Å². The van der Waals surface area contributed by atoms with Gasteiger partial charge in [-0.3, -0.25) is 0 Å². The molecule has 0 amide bonds. The van der Waals surface area contributed by atoms with Crippen molar-refractivity contribution in [2.75, 3.05) is 0 Å². The Bertz CT molecular complexity index is 362. The predicted octanol–water partition coefficient (Wildman–Crippen LogP) is 1.60. The summed E-state index contributed by atoms with van der Waals surface area (Å²) in [6, 6.07) is 10.2. The lowest BCUT2D eigenvalue weighted by Gasteiger charge is -1.94. The third-order valence-electron chi connectivity index (χ3n) is 1.90. The number of nitrogens with one attached hydrogen (secondary N) is 1. The number of hydrogen-bond donors (Lipinski definition) is 0. The number of pyridine rings is 1. The van der Waals surface area contributed by atoms with Crippen LogP contribution in [-0.2, 0) is 0 Å². The minimum atomic E-state index is 1.10. The molecule has 0 aliphatic carbocycles. The first-order valence-corrected chi connectivity index (χ1v) is 3.99. The van der Waals surface area contributed by atoms with Crippen molar-refractivity contribution >= 4 is 0 Å². The normalized spacial score (nSPS) is 10.1. The molecule has 0 saturated carbocycles. The summed E-state index contributed by atoms with van der Waals surface area (Å²) in [6.45, 7) is 2.08. The molecule has 2 rings (SSSR count). The van der Waals surface area contributed by atoms with Crippen molar-refractivity contribution in [1.82, 2.24) is 4.57 Å². The molecule has 12 heavy (non-hydrogen) atoms. The van der Waals surface area contributed by atoms with Gasteiger partial charge in [0.1, 0.15) is 5.69 Å². The number of hydrogen-bond acceptors (Lipinski definition) is 0. The second-order valence-corrected chi connectivity index (χ2v) is 2.77. The molecular formula is C10H11N2+. The third-order valence-corrected chi connectivity index (χ3v) is 1.90. The summed E-state index contributed by atoms with van der Waals surface area (Å²) in [5.74, 6) is 1.10. The Morgan fingerprint density at radius 1 is 1.17 bits per heavy atom. The van der Waals surface area contributed by atoms with E-state index in [9.17, 15) is 0 Å². The van der Waals surface area contributed by atoms with Crippen LogP contribution in [0.1, 0.15) is 5.69 Å². The monoisotopic (exact) mass is 159 g/mol. The van der Waals surface area contributed by atoms with Crippen LogP contribution in [0.15, 0.2) is 42.7 Å². The third kappa shape index (κ3) is 1.11. The van der Waals surface area contributed by atoms with Gasteiger partial charge >= 0.3 is 0 Å². The molecule has 0 bridgehead atoms. The van der Waals surface area contributed by atoms with Crippen molar-refractivity contribution in [3.05, 3.63) is 48.4 Å². The molecule has 2 heterocycles. The van der Waals surface area contributed by atoms with Crippen molar-refractivity contribution < 1.29 is 4.98 Å². The highest BCUT2D eigenvalue weighted by atomic mass is 15.0. The Kier molecular flexibility index (Phi) is 1.67. The van der Waals surface area contributed by atoms with Crippen LogP contribution in [0.4, 0.5) is 0 Å². The van der Waals surface area contributed by atoms with Gasteiger partial charge in [0, 0.05) is 6.07 Å². The minimum Gasteiger partial charge on any atom is -0.247 e. The predicted molar refractivity (Wildman–Crippen MR) is 47.1 cm³/mol. The quantitative estimate of drug-likeness (QED) is 0.602. The standard InChI is InChI=1S/C10H10N2/c1-9-5-4-8-12(9)10-6-2-3-7-11-10/h2-8H,1H3/p+1. The summed E-state index contributed by atoms with van der Waals surface area (Å²) >= 11 is 0. The Morgan fingerprint density at radius 3 is 2.67 bits per heavy atom. The minimum absolute atomic E-state index is 1.10. The SMILES string of the molecule is Cc1cccn1-c1cccc[nH+]1. The van der Waals surface area contributed by atoms with Crippen LogP contribution in [0.5, 0.6) is 0 Å². The van der Waals surface area contributed by atoms with Gasteiger partial charge in [-0.05, 0) is 25.1 Å². The lowest BCUT2D eigenvalue weighted by atomic mass is 10.4. The molecule has 0 atom stereocenters. The van der Waals surface area contributed by atoms with Crippen LogP contribution in [0, 0.1) is 6.92 Å². The van der Waals surface area contributed by atoms with Crippen LogP contribution >= 0.6 is 0 Å². The molecule has 60 valence electrons. The lowest BCUT2D eigenvalue weighted by Crippen LogP contribution is -2.11. The van der Waals surface area contributed by atoms with Crippen LogP contribution < -0.4 is 4.98 Å². The van der Waals surface area contributed by atoms with E-state index >= 15 is 0 Å². The van der Waals surface area contributed by atoms with Crippen molar-refractivity contribution in [3.63, 3.8) is 0 Å². The Labute approximate surface area is 71.5 Å². The van der Waals surface area contributed by atoms with E-state index in [0.29, 0.717) is 0 Å². The fraction of sp³-hybridized carbons (Fsp3) is 0.100. The fourth-order valence-corrected chi connectivity index (χ4v) is 1.27. The van der Waals surface area contributed by atoms with Gasteiger partial charge in [0.15, 0.2) is 0 Å². The maximum Gasteiger partial charge on any atom is 0.283 e. The molecule has 0 aliphatic rings. The number of aromatic nitrogens is 2. The maximum absolute atomic E-state index is 3.17. The molecule has 0 saturated heterocycles. The van der Waals surface area contributed by atoms with Crippen LogP contribution in [0.25, 0.3) is 5.82 Å². The number of aromatic amines is 1. The fourth-order valence-electron chi connectivity index (χ4n) is 1.27. The zero-order valence-corrected chi connectivity index (χ0v) is 6.99. The number of rotatable bonds is 1. The summed E-state index contributed by atoms with van der Waals surface area (Å²) < 4.78 is 2.11. The first-order valence-electron chi connectivity index (χ1n) is 3.99. The van der Waals surface area contributed by atoms with Gasteiger partial charge in [0.25, 0.3) is 5.82 Å². The molecule has 2 aromatic heterocycles. The first kappa shape index (κ1) is 7.10. The number of aryl methyl sites for hydroxylation is 1. The maximum atomic E-state index is 3.17. The highest BCUT2D eigenvalue weighted by molar-refractivity contribution is 5.21. The van der Waals surface area contributed by atoms with E-state index in [4.69, 9.17) is 0 Å². The molecule has 0 aliphatic heterocycles. The van der Waals surface area contributed by atoms with E-state index in [2.05, 4.69) is 22.5 Å². The molecular weight excluding hydrogens is 148 g/mol. The molecule has 2 nitrogen and oxygen atoms in total. The Morgan fingerprint density at radius 2 is 2.08 bits per heavy atom. The molecule has 0 unspecified atom stereocenters. The lowest BCUT2D eigenvalue weighted by molar-refractivity contribution is -0.373. The Hall–Kier alpha value is -1.57. The molecule has 1 N–H and O–H groups in total. The molecule has 0 radical (unpaired) electrons. The molecule has 2 aromatic rings. The van der Waals surface area contributed by atoms with Crippen LogP contribution in [0.3, 0.4) is 0 Å². The second kappa shape index (κ2) is 2.81. The first-order chi connectivity index (χ1) is 5.88. The van der Waals surface area contributed by atoms with Crippen LogP contribution in [0.2, 0.25) is 0 Å². The molecule has 0 spiro atoms. The summed E-state index contributed by atoms with van der Waals surface area (Å²) in [7, 11) is 0. The van der Waals surface area contributed by atoms with Crippen molar-refractivity contribution in [1.29, 1.82) is 0 Å². The number of H-pyrrole nitrogens is 1. The Balaban J connectivity index is 2.51. The van der Waals surface area contributed by atoms with Crippen molar-refractivity contribution in [3.8, 4) is 5.82 Å². The van der Waals surface area contributed by atoms with E-state index in [-0.39, 0.29) is 0 Å². The summed E-state index contributed by atoms with van der Waals surface area (Å²) in [5, 5.41) is 0. The zero-order chi connectivity index (χ0) is 8.39. The average Bonchev–Trinajstić information content (AvgIpc) is 2.53. The topological polar surface area (TPSA) is 19.1 Å². The summed E-state index contributed by atoms with van der Waals surface area (Å²) in [5.41, 5.74) is 1.23. The van der Waals surface area contributed by atoms with Gasteiger partial charge in [-0.1, -0.05) is 6.07 Å². The molecule has 0 aromatic carbocycles. The van der Waals surface area contributed by atoms with E-state index in [1.807, 2.05) is 36.7 Å². The van der Waals surface area contributed by atoms with E-state index in [0.717, 1.165) is 5.82 Å². The van der Waals surface area contributed by atoms with E-state index < -0.39 is 0 Å². The average molecular weight is 159 g/mol. The van der Waals surface area contributed by atoms with E-state index in [1.54, 1.807) is 0 Å². The van der Waals surface area contributed by atoms with Gasteiger partial charge in [-0.15, -0.1) is 0 Å².